The Hall–Kier alpha value is -2.45. The highest BCUT2D eigenvalue weighted by molar-refractivity contribution is 6.02. The minimum Gasteiger partial charge on any atom is -0.295 e. The van der Waals surface area contributed by atoms with Crippen molar-refractivity contribution in [3.63, 3.8) is 0 Å². The van der Waals surface area contributed by atoms with Gasteiger partial charge in [0.25, 0.3) is 0 Å². The van der Waals surface area contributed by atoms with E-state index in [0.717, 1.165) is 32.1 Å². The van der Waals surface area contributed by atoms with Gasteiger partial charge in [-0.05, 0) is 44.1 Å². The summed E-state index contributed by atoms with van der Waals surface area (Å²) in [7, 11) is 0. The van der Waals surface area contributed by atoms with Gasteiger partial charge in [0.05, 0.1) is 12.0 Å². The van der Waals surface area contributed by atoms with E-state index in [1.165, 1.54) is 5.56 Å². The van der Waals surface area contributed by atoms with E-state index in [1.807, 2.05) is 24.3 Å². The maximum Gasteiger partial charge on any atom is 0.241 e. The van der Waals surface area contributed by atoms with E-state index in [2.05, 4.69) is 23.6 Å². The van der Waals surface area contributed by atoms with Crippen LogP contribution in [-0.4, -0.2) is 29.3 Å². The van der Waals surface area contributed by atoms with Gasteiger partial charge in [-0.1, -0.05) is 36.4 Å². The molecule has 1 aliphatic carbocycles. The normalized spacial score (nSPS) is 22.7. The van der Waals surface area contributed by atoms with E-state index in [4.69, 9.17) is 5.26 Å². The molecule has 0 spiro atoms. The van der Waals surface area contributed by atoms with Crippen LogP contribution in [0.15, 0.2) is 42.0 Å². The summed E-state index contributed by atoms with van der Waals surface area (Å²) < 4.78 is 0. The number of rotatable bonds is 7. The SMILES string of the molecule is N#C[C@@H]1CCCN1NC(=O)C1CCC=C1C(=O)CCCc1ccccc1. The van der Waals surface area contributed by atoms with Crippen molar-refractivity contribution in [1.82, 2.24) is 10.4 Å². The van der Waals surface area contributed by atoms with Crippen molar-refractivity contribution in [3.05, 3.63) is 47.5 Å². The quantitative estimate of drug-likeness (QED) is 0.820. The second-order valence-electron chi connectivity index (χ2n) is 7.01. The van der Waals surface area contributed by atoms with Crippen molar-refractivity contribution >= 4 is 11.7 Å². The Bertz CT molecular complexity index is 721. The number of hydrazine groups is 1. The van der Waals surface area contributed by atoms with E-state index in [0.29, 0.717) is 25.0 Å². The molecule has 1 aromatic rings. The van der Waals surface area contributed by atoms with Crippen molar-refractivity contribution < 1.29 is 9.59 Å². The van der Waals surface area contributed by atoms with Crippen molar-refractivity contribution in [2.45, 2.75) is 51.0 Å². The second-order valence-corrected chi connectivity index (χ2v) is 7.01. The highest BCUT2D eigenvalue weighted by Crippen LogP contribution is 2.28. The fourth-order valence-electron chi connectivity index (χ4n) is 3.78. The predicted octanol–water partition coefficient (Wildman–Crippen LogP) is 2.93. The van der Waals surface area contributed by atoms with Crippen LogP contribution in [-0.2, 0) is 16.0 Å². The summed E-state index contributed by atoms with van der Waals surface area (Å²) in [6, 6.07) is 12.1. The van der Waals surface area contributed by atoms with E-state index in [1.54, 1.807) is 5.01 Å². The van der Waals surface area contributed by atoms with Crippen LogP contribution >= 0.6 is 0 Å². The summed E-state index contributed by atoms with van der Waals surface area (Å²) in [5.41, 5.74) is 4.75. The molecule has 2 atom stereocenters. The number of ketones is 1. The van der Waals surface area contributed by atoms with E-state index in [-0.39, 0.29) is 23.7 Å². The predicted molar refractivity (Wildman–Crippen MR) is 98.7 cm³/mol. The molecule has 5 heteroatoms. The number of carbonyl (C=O) groups is 2. The lowest BCUT2D eigenvalue weighted by Gasteiger charge is -2.23. The average molecular weight is 351 g/mol. The van der Waals surface area contributed by atoms with Crippen molar-refractivity contribution in [3.8, 4) is 6.07 Å². The molecule has 1 amide bonds. The molecule has 136 valence electrons. The third-order valence-electron chi connectivity index (χ3n) is 5.20. The Labute approximate surface area is 154 Å². The molecule has 2 aliphatic rings. The third-order valence-corrected chi connectivity index (χ3v) is 5.20. The van der Waals surface area contributed by atoms with E-state index in [9.17, 15) is 9.59 Å². The number of hydrogen-bond donors (Lipinski definition) is 1. The van der Waals surface area contributed by atoms with Gasteiger partial charge in [-0.3, -0.25) is 15.0 Å². The largest absolute Gasteiger partial charge is 0.295 e. The van der Waals surface area contributed by atoms with Gasteiger partial charge in [0.15, 0.2) is 5.78 Å². The molecule has 1 saturated heterocycles. The summed E-state index contributed by atoms with van der Waals surface area (Å²) >= 11 is 0. The highest BCUT2D eigenvalue weighted by Gasteiger charge is 2.33. The zero-order valence-electron chi connectivity index (χ0n) is 15.0. The molecule has 26 heavy (non-hydrogen) atoms. The van der Waals surface area contributed by atoms with Crippen LogP contribution in [0, 0.1) is 17.2 Å². The zero-order chi connectivity index (χ0) is 18.4. The molecule has 0 radical (unpaired) electrons. The maximum absolute atomic E-state index is 12.6. The van der Waals surface area contributed by atoms with Crippen LogP contribution in [0.5, 0.6) is 0 Å². The molecule has 0 aromatic heterocycles. The van der Waals surface area contributed by atoms with Crippen LogP contribution in [0.2, 0.25) is 0 Å². The molecule has 3 rings (SSSR count). The summed E-state index contributed by atoms with van der Waals surface area (Å²) in [5, 5.41) is 10.9. The Morgan fingerprint density at radius 1 is 1.23 bits per heavy atom. The zero-order valence-corrected chi connectivity index (χ0v) is 15.0. The highest BCUT2D eigenvalue weighted by atomic mass is 16.2. The van der Waals surface area contributed by atoms with Crippen LogP contribution < -0.4 is 5.43 Å². The monoisotopic (exact) mass is 351 g/mol. The fourth-order valence-corrected chi connectivity index (χ4v) is 3.78. The van der Waals surface area contributed by atoms with Gasteiger partial charge >= 0.3 is 0 Å². The first-order chi connectivity index (χ1) is 12.7. The lowest BCUT2D eigenvalue weighted by Crippen LogP contribution is -2.47. The maximum atomic E-state index is 12.6. The second kappa shape index (κ2) is 8.77. The molecule has 0 saturated carbocycles. The van der Waals surface area contributed by atoms with Gasteiger partial charge in [-0.2, -0.15) is 5.26 Å². The Kier molecular flexibility index (Phi) is 6.19. The number of allylic oxidation sites excluding steroid dienone is 1. The minimum atomic E-state index is -0.376. The van der Waals surface area contributed by atoms with Crippen LogP contribution in [0.3, 0.4) is 0 Å². The lowest BCUT2D eigenvalue weighted by atomic mass is 9.94. The molecule has 1 fully saturated rings. The van der Waals surface area contributed by atoms with Crippen LogP contribution in [0.25, 0.3) is 0 Å². The van der Waals surface area contributed by atoms with Crippen molar-refractivity contribution in [2.24, 2.45) is 5.92 Å². The van der Waals surface area contributed by atoms with Gasteiger partial charge in [0.1, 0.15) is 6.04 Å². The van der Waals surface area contributed by atoms with E-state index < -0.39 is 0 Å². The minimum absolute atomic E-state index is 0.0804. The smallest absolute Gasteiger partial charge is 0.241 e. The van der Waals surface area contributed by atoms with Crippen LogP contribution in [0.1, 0.15) is 44.1 Å². The summed E-state index contributed by atoms with van der Waals surface area (Å²) in [6.07, 6.45) is 7.17. The number of carbonyl (C=O) groups excluding carboxylic acids is 2. The standard InChI is InChI=1S/C21H25N3O2/c22-15-17-10-6-14-24(17)23-21(26)19-12-5-11-18(19)20(25)13-4-9-16-7-2-1-3-8-16/h1-3,7-8,11,17,19H,4-6,9-10,12-14H2,(H,23,26)/t17-,19?/m0/s1. The molecule has 1 unspecified atom stereocenters. The number of nitrogens with zero attached hydrogens (tertiary/aromatic N) is 2. The third kappa shape index (κ3) is 4.39. The summed E-state index contributed by atoms with van der Waals surface area (Å²) in [4.78, 5) is 25.2. The first-order valence-electron chi connectivity index (χ1n) is 9.43. The molecule has 1 aromatic carbocycles. The molecule has 1 N–H and O–H groups in total. The van der Waals surface area contributed by atoms with Gasteiger partial charge < -0.3 is 0 Å². The van der Waals surface area contributed by atoms with Gasteiger partial charge in [0.2, 0.25) is 5.91 Å². The van der Waals surface area contributed by atoms with Gasteiger partial charge in [-0.15, -0.1) is 0 Å². The average Bonchev–Trinajstić information content (AvgIpc) is 3.31. The number of benzene rings is 1. The lowest BCUT2D eigenvalue weighted by molar-refractivity contribution is -0.130. The van der Waals surface area contributed by atoms with Gasteiger partial charge in [0, 0.05) is 18.5 Å². The Balaban J connectivity index is 1.51. The molecular formula is C21H25N3O2. The molecule has 1 aliphatic heterocycles. The van der Waals surface area contributed by atoms with Crippen LogP contribution in [0.4, 0.5) is 0 Å². The number of aryl methyl sites for hydroxylation is 1. The molecule has 5 nitrogen and oxygen atoms in total. The molecule has 1 heterocycles. The summed E-state index contributed by atoms with van der Waals surface area (Å²) in [5.74, 6) is -0.441. The topological polar surface area (TPSA) is 73.2 Å². The summed E-state index contributed by atoms with van der Waals surface area (Å²) in [6.45, 7) is 0.695. The number of hydrogen-bond acceptors (Lipinski definition) is 4. The van der Waals surface area contributed by atoms with Gasteiger partial charge in [-0.25, -0.2) is 5.01 Å². The van der Waals surface area contributed by atoms with Crippen molar-refractivity contribution in [2.75, 3.05) is 6.54 Å². The first kappa shape index (κ1) is 18.3. The molecule has 0 bridgehead atoms. The number of nitriles is 1. The fraction of sp³-hybridized carbons (Fsp3) is 0.476. The number of Topliss-reactive ketones (excluding diaryl/α,β-unsaturated/α-hetero) is 1. The number of nitrogens with one attached hydrogen (secondary N) is 1. The van der Waals surface area contributed by atoms with Crippen molar-refractivity contribution in [1.29, 1.82) is 5.26 Å². The Morgan fingerprint density at radius 3 is 2.81 bits per heavy atom. The number of amides is 1. The first-order valence-corrected chi connectivity index (χ1v) is 9.43. The molecular weight excluding hydrogens is 326 g/mol. The van der Waals surface area contributed by atoms with E-state index >= 15 is 0 Å². The Morgan fingerprint density at radius 2 is 2.04 bits per heavy atom.